The highest BCUT2D eigenvalue weighted by Crippen LogP contribution is 2.29. The first kappa shape index (κ1) is 12.4. The van der Waals surface area contributed by atoms with E-state index in [9.17, 15) is 14.7 Å². The lowest BCUT2D eigenvalue weighted by Gasteiger charge is -2.42. The Kier molecular flexibility index (Phi) is 3.38. The van der Waals surface area contributed by atoms with E-state index in [-0.39, 0.29) is 11.9 Å². The molecule has 2 N–H and O–H groups in total. The van der Waals surface area contributed by atoms with E-state index in [1.54, 1.807) is 11.8 Å². The number of carbonyl (C=O) groups excluding carboxylic acids is 1. The normalized spacial score (nSPS) is 33.7. The molecule has 0 saturated carbocycles. The van der Waals surface area contributed by atoms with Crippen molar-refractivity contribution in [3.05, 3.63) is 0 Å². The average molecular weight is 240 g/mol. The van der Waals surface area contributed by atoms with E-state index < -0.39 is 11.5 Å². The number of nitrogens with one attached hydrogen (secondary N) is 1. The fourth-order valence-corrected chi connectivity index (χ4v) is 2.78. The number of rotatable bonds is 2. The van der Waals surface area contributed by atoms with Crippen molar-refractivity contribution in [2.45, 2.75) is 50.6 Å². The zero-order chi connectivity index (χ0) is 12.5. The van der Waals surface area contributed by atoms with Crippen LogP contribution in [0.4, 0.5) is 0 Å². The second kappa shape index (κ2) is 4.64. The van der Waals surface area contributed by atoms with Crippen LogP contribution in [0.3, 0.4) is 0 Å². The standard InChI is InChI=1S/C12H20N2O3/c1-12(11(16)17)6-2-3-8-14(12)10(15)9-5-4-7-13-9/h9,13H,2-8H2,1H3,(H,16,17)/t9-,12?/m1/s1. The highest BCUT2D eigenvalue weighted by Gasteiger charge is 2.45. The summed E-state index contributed by atoms with van der Waals surface area (Å²) >= 11 is 0. The van der Waals surface area contributed by atoms with Crippen molar-refractivity contribution in [2.75, 3.05) is 13.1 Å². The van der Waals surface area contributed by atoms with E-state index in [1.807, 2.05) is 0 Å². The van der Waals surface area contributed by atoms with Crippen molar-refractivity contribution in [1.82, 2.24) is 10.2 Å². The molecule has 0 aliphatic carbocycles. The Balaban J connectivity index is 2.15. The average Bonchev–Trinajstić information content (AvgIpc) is 2.82. The van der Waals surface area contributed by atoms with Gasteiger partial charge in [0.05, 0.1) is 6.04 Å². The lowest BCUT2D eigenvalue weighted by Crippen LogP contribution is -2.60. The van der Waals surface area contributed by atoms with Gasteiger partial charge in [-0.1, -0.05) is 0 Å². The van der Waals surface area contributed by atoms with Gasteiger partial charge in [0.1, 0.15) is 5.54 Å². The minimum Gasteiger partial charge on any atom is -0.480 e. The first-order valence-electron chi connectivity index (χ1n) is 6.34. The summed E-state index contributed by atoms with van der Waals surface area (Å²) in [5, 5.41) is 12.5. The summed E-state index contributed by atoms with van der Waals surface area (Å²) < 4.78 is 0. The van der Waals surface area contributed by atoms with Gasteiger partial charge in [-0.25, -0.2) is 4.79 Å². The number of hydrogen-bond donors (Lipinski definition) is 2. The summed E-state index contributed by atoms with van der Waals surface area (Å²) in [6, 6.07) is -0.174. The van der Waals surface area contributed by atoms with Gasteiger partial charge >= 0.3 is 5.97 Å². The van der Waals surface area contributed by atoms with Crippen LogP contribution in [0.1, 0.15) is 39.0 Å². The summed E-state index contributed by atoms with van der Waals surface area (Å²) in [5.74, 6) is -0.921. The molecular weight excluding hydrogens is 220 g/mol. The molecule has 0 aromatic carbocycles. The van der Waals surface area contributed by atoms with Crippen molar-refractivity contribution in [2.24, 2.45) is 0 Å². The molecule has 5 nitrogen and oxygen atoms in total. The number of likely N-dealkylation sites (tertiary alicyclic amines) is 1. The number of nitrogens with zero attached hydrogens (tertiary/aromatic N) is 1. The molecular formula is C12H20N2O3. The van der Waals surface area contributed by atoms with Crippen molar-refractivity contribution in [3.8, 4) is 0 Å². The molecule has 0 aromatic heterocycles. The lowest BCUT2D eigenvalue weighted by molar-refractivity contribution is -0.161. The maximum atomic E-state index is 12.3. The second-order valence-electron chi connectivity index (χ2n) is 5.17. The van der Waals surface area contributed by atoms with Gasteiger partial charge in [0.15, 0.2) is 0 Å². The van der Waals surface area contributed by atoms with E-state index in [4.69, 9.17) is 0 Å². The summed E-state index contributed by atoms with van der Waals surface area (Å²) in [6.45, 7) is 3.09. The molecule has 1 unspecified atom stereocenters. The number of carbonyl (C=O) groups is 2. The molecule has 2 heterocycles. The third kappa shape index (κ3) is 2.16. The molecule has 2 atom stereocenters. The topological polar surface area (TPSA) is 69.6 Å². The number of piperidine rings is 1. The highest BCUT2D eigenvalue weighted by atomic mass is 16.4. The number of carboxylic acids is 1. The van der Waals surface area contributed by atoms with E-state index in [2.05, 4.69) is 5.32 Å². The maximum Gasteiger partial charge on any atom is 0.329 e. The van der Waals surface area contributed by atoms with Crippen LogP contribution in [0.15, 0.2) is 0 Å². The molecule has 0 spiro atoms. The largest absolute Gasteiger partial charge is 0.480 e. The van der Waals surface area contributed by atoms with Crippen LogP contribution in [-0.4, -0.2) is 46.6 Å². The Morgan fingerprint density at radius 2 is 2.12 bits per heavy atom. The van der Waals surface area contributed by atoms with E-state index >= 15 is 0 Å². The highest BCUT2D eigenvalue weighted by molar-refractivity contribution is 5.89. The third-order valence-corrected chi connectivity index (χ3v) is 3.98. The summed E-state index contributed by atoms with van der Waals surface area (Å²) in [7, 11) is 0. The maximum absolute atomic E-state index is 12.3. The fraction of sp³-hybridized carbons (Fsp3) is 0.833. The molecule has 17 heavy (non-hydrogen) atoms. The number of carboxylic acid groups (broad SMARTS) is 1. The number of amides is 1. The molecule has 2 aliphatic heterocycles. The SMILES string of the molecule is CC1(C(=O)O)CCCCN1C(=O)[C@H]1CCCN1. The Morgan fingerprint density at radius 3 is 2.71 bits per heavy atom. The van der Waals surface area contributed by atoms with Crippen LogP contribution in [0.25, 0.3) is 0 Å². The van der Waals surface area contributed by atoms with Gasteiger partial charge in [0.25, 0.3) is 0 Å². The van der Waals surface area contributed by atoms with Crippen molar-refractivity contribution in [3.63, 3.8) is 0 Å². The fourth-order valence-electron chi connectivity index (χ4n) is 2.78. The number of aliphatic carboxylic acids is 1. The minimum absolute atomic E-state index is 0.0351. The summed E-state index contributed by atoms with van der Waals surface area (Å²) in [5.41, 5.74) is -1.01. The smallest absolute Gasteiger partial charge is 0.329 e. The predicted octanol–water partition coefficient (Wildman–Crippen LogP) is 0.594. The third-order valence-electron chi connectivity index (χ3n) is 3.98. The van der Waals surface area contributed by atoms with Crippen LogP contribution in [0, 0.1) is 0 Å². The molecule has 0 radical (unpaired) electrons. The van der Waals surface area contributed by atoms with Crippen molar-refractivity contribution < 1.29 is 14.7 Å². The zero-order valence-electron chi connectivity index (χ0n) is 10.2. The first-order valence-corrected chi connectivity index (χ1v) is 6.34. The van der Waals surface area contributed by atoms with Gasteiger partial charge in [0.2, 0.25) is 5.91 Å². The van der Waals surface area contributed by atoms with Gasteiger partial charge in [0, 0.05) is 6.54 Å². The van der Waals surface area contributed by atoms with Gasteiger partial charge in [-0.2, -0.15) is 0 Å². The minimum atomic E-state index is -1.01. The summed E-state index contributed by atoms with van der Waals surface area (Å²) in [4.78, 5) is 25.3. The molecule has 96 valence electrons. The van der Waals surface area contributed by atoms with Crippen LogP contribution in [0.2, 0.25) is 0 Å². The monoisotopic (exact) mass is 240 g/mol. The Labute approximate surface area is 101 Å². The van der Waals surface area contributed by atoms with Crippen molar-refractivity contribution in [1.29, 1.82) is 0 Å². The Bertz CT molecular complexity index is 326. The molecule has 2 rings (SSSR count). The molecule has 0 aromatic rings. The van der Waals surface area contributed by atoms with Gasteiger partial charge < -0.3 is 15.3 Å². The Morgan fingerprint density at radius 1 is 1.35 bits per heavy atom. The Hall–Kier alpha value is -1.10. The van der Waals surface area contributed by atoms with Crippen LogP contribution in [-0.2, 0) is 9.59 Å². The molecule has 2 aliphatic rings. The summed E-state index contributed by atoms with van der Waals surface area (Å²) in [6.07, 6.45) is 4.16. The van der Waals surface area contributed by atoms with E-state index in [0.717, 1.165) is 32.2 Å². The van der Waals surface area contributed by atoms with E-state index in [0.29, 0.717) is 13.0 Å². The van der Waals surface area contributed by atoms with E-state index in [1.165, 1.54) is 0 Å². The van der Waals surface area contributed by atoms with Gasteiger partial charge in [-0.3, -0.25) is 4.79 Å². The molecule has 2 saturated heterocycles. The van der Waals surface area contributed by atoms with Crippen LogP contribution in [0.5, 0.6) is 0 Å². The molecule has 1 amide bonds. The first-order chi connectivity index (χ1) is 8.05. The van der Waals surface area contributed by atoms with Crippen LogP contribution < -0.4 is 5.32 Å². The quantitative estimate of drug-likeness (QED) is 0.741. The van der Waals surface area contributed by atoms with Crippen molar-refractivity contribution >= 4 is 11.9 Å². The van der Waals surface area contributed by atoms with Gasteiger partial charge in [-0.05, 0) is 45.6 Å². The molecule has 0 bridgehead atoms. The molecule has 2 fully saturated rings. The lowest BCUT2D eigenvalue weighted by atomic mass is 9.87. The predicted molar refractivity (Wildman–Crippen MR) is 62.6 cm³/mol. The number of hydrogen-bond acceptors (Lipinski definition) is 3. The van der Waals surface area contributed by atoms with Gasteiger partial charge in [-0.15, -0.1) is 0 Å². The second-order valence-corrected chi connectivity index (χ2v) is 5.17. The zero-order valence-corrected chi connectivity index (χ0v) is 10.2. The van der Waals surface area contributed by atoms with Crippen LogP contribution >= 0.6 is 0 Å². The molecule has 5 heteroatoms.